The van der Waals surface area contributed by atoms with Crippen molar-refractivity contribution in [1.82, 2.24) is 0 Å². The van der Waals surface area contributed by atoms with Crippen LogP contribution < -0.4 is 9.13 Å². The van der Waals surface area contributed by atoms with E-state index in [1.165, 1.54) is 6.07 Å². The molecule has 3 aromatic rings. The van der Waals surface area contributed by atoms with Crippen LogP contribution in [0.1, 0.15) is 14.0 Å². The molecule has 2 aliphatic heterocycles. The van der Waals surface area contributed by atoms with Gasteiger partial charge in [0.05, 0.1) is 24.2 Å². The molecule has 0 bridgehead atoms. The van der Waals surface area contributed by atoms with Crippen molar-refractivity contribution in [2.24, 2.45) is 0 Å². The minimum atomic E-state index is -1.37. The van der Waals surface area contributed by atoms with Gasteiger partial charge in [-0.15, -0.1) is 9.13 Å². The number of aromatic nitrogens is 2. The fraction of sp³-hybridized carbons (Fsp3) is 0.0476. The highest BCUT2D eigenvalue weighted by Crippen LogP contribution is 2.48. The summed E-state index contributed by atoms with van der Waals surface area (Å²) in [6, 6.07) is 12.8. The van der Waals surface area contributed by atoms with Crippen LogP contribution in [0.5, 0.6) is 0 Å². The number of nitrogens with zero attached hydrogens (tertiary/aromatic N) is 4. The minimum absolute atomic E-state index is 0.119. The molecule has 0 aliphatic carbocycles. The Bertz CT molecular complexity index is 1390. The van der Waals surface area contributed by atoms with Gasteiger partial charge in [0.2, 0.25) is 11.4 Å². The first-order valence-electron chi connectivity index (χ1n) is 9.76. The molecule has 0 radical (unpaired) electrons. The molecule has 5 rings (SSSR count). The highest BCUT2D eigenvalue weighted by molar-refractivity contribution is 5.77. The Labute approximate surface area is 167 Å². The average molecular weight is 390 g/mol. The summed E-state index contributed by atoms with van der Waals surface area (Å²) < 4.78 is 19.7. The molecular weight excluding hydrogens is 372 g/mol. The van der Waals surface area contributed by atoms with Crippen molar-refractivity contribution in [2.75, 3.05) is 0 Å². The predicted molar refractivity (Wildman–Crippen MR) is 103 cm³/mol. The molecule has 1 unspecified atom stereocenters. The summed E-state index contributed by atoms with van der Waals surface area (Å²) in [5.41, 5.74) is -0.0145. The van der Waals surface area contributed by atoms with Gasteiger partial charge in [-0.1, -0.05) is 12.6 Å². The lowest BCUT2D eigenvalue weighted by atomic mass is 9.89. The molecule has 0 N–H and O–H groups in total. The molecule has 8 nitrogen and oxygen atoms in total. The van der Waals surface area contributed by atoms with E-state index in [1.807, 2.05) is 12.1 Å². The molecule has 29 heavy (non-hydrogen) atoms. The van der Waals surface area contributed by atoms with E-state index >= 15 is 0 Å². The maximum absolute atomic E-state index is 12.1. The molecule has 0 saturated heterocycles. The van der Waals surface area contributed by atoms with E-state index in [2.05, 4.69) is 0 Å². The summed E-state index contributed by atoms with van der Waals surface area (Å²) in [6.45, 7) is 0.887. The first-order valence-corrected chi connectivity index (χ1v) is 8.69. The van der Waals surface area contributed by atoms with E-state index in [-0.39, 0.29) is 17.3 Å². The van der Waals surface area contributed by atoms with E-state index in [4.69, 9.17) is 2.74 Å². The zero-order valence-corrected chi connectivity index (χ0v) is 14.9. The summed E-state index contributed by atoms with van der Waals surface area (Å²) in [4.78, 5) is 22.4. The van der Waals surface area contributed by atoms with Crippen molar-refractivity contribution in [1.29, 1.82) is 0 Å². The Morgan fingerprint density at radius 3 is 2.55 bits per heavy atom. The largest absolute Gasteiger partial charge is 0.423 e. The topological polar surface area (TPSA) is 94.0 Å². The maximum atomic E-state index is 12.1. The number of fused-ring (bicyclic) bond motifs is 7. The molecule has 140 valence electrons. The number of hydrogen-bond acceptors (Lipinski definition) is 4. The number of hydrogen-bond donors (Lipinski definition) is 0. The molecule has 0 amide bonds. The van der Waals surface area contributed by atoms with Gasteiger partial charge in [-0.2, -0.15) is 0 Å². The Balaban J connectivity index is 2.03. The van der Waals surface area contributed by atoms with Crippen molar-refractivity contribution >= 4 is 17.5 Å². The van der Waals surface area contributed by atoms with Gasteiger partial charge in [0.25, 0.3) is 11.4 Å². The fourth-order valence-corrected chi connectivity index (χ4v) is 4.39. The third-order valence-electron chi connectivity index (χ3n) is 5.41. The molecule has 1 spiro atoms. The Morgan fingerprint density at radius 1 is 1.07 bits per heavy atom. The number of allylic oxidation sites excluding steroid dienone is 2. The van der Waals surface area contributed by atoms with E-state index in [0.717, 1.165) is 12.6 Å². The Morgan fingerprint density at radius 2 is 1.83 bits per heavy atom. The van der Waals surface area contributed by atoms with Crippen LogP contribution in [0.2, 0.25) is 0 Å². The smallest absolute Gasteiger partial charge is 0.258 e. The van der Waals surface area contributed by atoms with Crippen LogP contribution in [0.3, 0.4) is 0 Å². The molecule has 2 aromatic heterocycles. The monoisotopic (exact) mass is 390 g/mol. The highest BCUT2D eigenvalue weighted by Gasteiger charge is 2.68. The number of benzene rings is 1. The minimum Gasteiger partial charge on any atom is -0.258 e. The van der Waals surface area contributed by atoms with Crippen LogP contribution >= 0.6 is 0 Å². The van der Waals surface area contributed by atoms with E-state index in [1.54, 1.807) is 51.9 Å². The molecule has 0 saturated carbocycles. The average Bonchev–Trinajstić information content (AvgIpc) is 3.27. The molecule has 4 heterocycles. The number of pyridine rings is 2. The van der Waals surface area contributed by atoms with Crippen LogP contribution in [0.25, 0.3) is 17.3 Å². The summed E-state index contributed by atoms with van der Waals surface area (Å²) in [5.74, 6) is 0. The van der Waals surface area contributed by atoms with Crippen molar-refractivity contribution in [3.8, 4) is 11.3 Å². The first-order chi connectivity index (χ1) is 14.9. The SMILES string of the molecule is [3H]C=C([3H])C1=Cc2cccc[n+]2C12c1c(cc([N+](=O)[O-])cc1[N+](=O)[O-])-c1cccc[n+]12. The van der Waals surface area contributed by atoms with Gasteiger partial charge in [0, 0.05) is 36.4 Å². The second-order valence-corrected chi connectivity index (χ2v) is 6.73. The number of non-ortho nitro benzene ring substituents is 1. The number of rotatable bonds is 3. The van der Waals surface area contributed by atoms with Gasteiger partial charge >= 0.3 is 5.66 Å². The predicted octanol–water partition coefficient (Wildman–Crippen LogP) is 2.89. The number of nitro benzene ring substituents is 2. The van der Waals surface area contributed by atoms with Crippen LogP contribution in [0, 0.1) is 20.2 Å². The normalized spacial score (nSPS) is 19.7. The lowest BCUT2D eigenvalue weighted by molar-refractivity contribution is -0.961. The van der Waals surface area contributed by atoms with Crippen LogP contribution in [-0.4, -0.2) is 9.85 Å². The Hall–Kier alpha value is -4.20. The summed E-state index contributed by atoms with van der Waals surface area (Å²) >= 11 is 0. The second kappa shape index (κ2) is 5.65. The highest BCUT2D eigenvalue weighted by atomic mass is 16.6. The molecule has 0 fully saturated rings. The van der Waals surface area contributed by atoms with Crippen molar-refractivity contribution < 1.29 is 21.7 Å². The lowest BCUT2D eigenvalue weighted by Crippen LogP contribution is -2.72. The fourth-order valence-electron chi connectivity index (χ4n) is 4.39. The maximum Gasteiger partial charge on any atom is 0.423 e. The Kier molecular flexibility index (Phi) is 2.88. The molecule has 1 aromatic carbocycles. The van der Waals surface area contributed by atoms with Gasteiger partial charge in [-0.3, -0.25) is 20.2 Å². The van der Waals surface area contributed by atoms with Crippen molar-refractivity contribution in [2.45, 2.75) is 5.66 Å². The molecule has 8 heteroatoms. The van der Waals surface area contributed by atoms with Gasteiger partial charge in [0.15, 0.2) is 18.0 Å². The third-order valence-corrected chi connectivity index (χ3v) is 5.41. The van der Waals surface area contributed by atoms with E-state index in [0.29, 0.717) is 22.5 Å². The van der Waals surface area contributed by atoms with Crippen molar-refractivity contribution in [3.05, 3.63) is 111 Å². The lowest BCUT2D eigenvalue weighted by Gasteiger charge is -2.17. The molecule has 1 atom stereocenters. The van der Waals surface area contributed by atoms with Crippen LogP contribution in [0.4, 0.5) is 11.4 Å². The number of nitro groups is 2. The van der Waals surface area contributed by atoms with Gasteiger partial charge in [-0.25, -0.2) is 0 Å². The molecular formula is C21H14N4O4+2. The zero-order chi connectivity index (χ0) is 21.9. The first kappa shape index (κ1) is 14.8. The quantitative estimate of drug-likeness (QED) is 0.390. The zero-order valence-electron chi connectivity index (χ0n) is 16.9. The second-order valence-electron chi connectivity index (χ2n) is 6.73. The van der Waals surface area contributed by atoms with Gasteiger partial charge in [-0.05, 0) is 12.1 Å². The summed E-state index contributed by atoms with van der Waals surface area (Å²) in [5, 5.41) is 23.6. The standard InChI is InChI=1S/C21H14N4O4/c1-2-14-11-15-7-3-5-9-22(15)21(14)20-17(18-8-4-6-10-23(18)21)12-16(24(26)27)13-19(20)25(28)29/h2-13H,1H2/q+2/i1T,2T. The van der Waals surface area contributed by atoms with E-state index in [9.17, 15) is 20.2 Å². The van der Waals surface area contributed by atoms with Gasteiger partial charge in [0.1, 0.15) is 5.57 Å². The molecule has 2 aliphatic rings. The van der Waals surface area contributed by atoms with Gasteiger partial charge < -0.3 is 0 Å². The summed E-state index contributed by atoms with van der Waals surface area (Å²) in [6.07, 6.45) is 5.20. The van der Waals surface area contributed by atoms with Crippen LogP contribution in [-0.2, 0) is 5.66 Å². The van der Waals surface area contributed by atoms with E-state index < -0.39 is 21.2 Å². The van der Waals surface area contributed by atoms with Crippen LogP contribution in [0.15, 0.2) is 79.1 Å². The summed E-state index contributed by atoms with van der Waals surface area (Å²) in [7, 11) is 0. The van der Waals surface area contributed by atoms with Crippen molar-refractivity contribution in [3.63, 3.8) is 0 Å². The third kappa shape index (κ3) is 1.97.